The summed E-state index contributed by atoms with van der Waals surface area (Å²) >= 11 is 0. The second kappa shape index (κ2) is 5.13. The molecule has 0 aromatic heterocycles. The summed E-state index contributed by atoms with van der Waals surface area (Å²) in [6.07, 6.45) is 0. The predicted molar refractivity (Wildman–Crippen MR) is 77.7 cm³/mol. The molecule has 0 saturated heterocycles. The average Bonchev–Trinajstić information content (AvgIpc) is 2.57. The molecular formula is C16H9NO6. The van der Waals surface area contributed by atoms with Crippen molar-refractivity contribution in [3.63, 3.8) is 0 Å². The van der Waals surface area contributed by atoms with E-state index in [1.807, 2.05) is 0 Å². The molecule has 0 aliphatic heterocycles. The van der Waals surface area contributed by atoms with E-state index >= 15 is 0 Å². The molecule has 114 valence electrons. The van der Waals surface area contributed by atoms with Crippen molar-refractivity contribution in [2.45, 2.75) is 0 Å². The molecule has 0 N–H and O–H groups in total. The lowest BCUT2D eigenvalue weighted by Crippen LogP contribution is -2.23. The SMILES string of the molecule is COC(=O)c1ccc2c(c1[N+](=O)[O-])C(=O)c1ccccc1C2=O. The first-order valence-electron chi connectivity index (χ1n) is 6.55. The highest BCUT2D eigenvalue weighted by molar-refractivity contribution is 6.30. The zero-order valence-electron chi connectivity index (χ0n) is 11.9. The molecule has 0 amide bonds. The zero-order valence-corrected chi connectivity index (χ0v) is 11.9. The highest BCUT2D eigenvalue weighted by Crippen LogP contribution is 2.35. The van der Waals surface area contributed by atoms with E-state index in [-0.39, 0.29) is 27.8 Å². The molecule has 2 aromatic carbocycles. The van der Waals surface area contributed by atoms with Gasteiger partial charge >= 0.3 is 5.97 Å². The van der Waals surface area contributed by atoms with Gasteiger partial charge in [-0.3, -0.25) is 19.7 Å². The molecule has 7 nitrogen and oxygen atoms in total. The monoisotopic (exact) mass is 311 g/mol. The van der Waals surface area contributed by atoms with Crippen molar-refractivity contribution in [3.8, 4) is 0 Å². The Hall–Kier alpha value is -3.35. The number of benzene rings is 2. The first-order chi connectivity index (χ1) is 11.0. The third-order valence-corrected chi connectivity index (χ3v) is 3.65. The summed E-state index contributed by atoms with van der Waals surface area (Å²) in [5.74, 6) is -2.10. The maximum atomic E-state index is 12.6. The fourth-order valence-corrected chi connectivity index (χ4v) is 2.63. The van der Waals surface area contributed by atoms with Gasteiger partial charge in [0.05, 0.1) is 12.0 Å². The number of carbonyl (C=O) groups excluding carboxylic acids is 3. The van der Waals surface area contributed by atoms with Gasteiger partial charge in [0, 0.05) is 16.7 Å². The van der Waals surface area contributed by atoms with Crippen LogP contribution in [0.1, 0.15) is 42.2 Å². The van der Waals surface area contributed by atoms with Crippen LogP contribution < -0.4 is 0 Å². The van der Waals surface area contributed by atoms with Gasteiger partial charge in [-0.05, 0) is 12.1 Å². The van der Waals surface area contributed by atoms with Crippen molar-refractivity contribution in [1.82, 2.24) is 0 Å². The van der Waals surface area contributed by atoms with Crippen LogP contribution in [0.25, 0.3) is 0 Å². The fourth-order valence-electron chi connectivity index (χ4n) is 2.63. The topological polar surface area (TPSA) is 104 Å². The van der Waals surface area contributed by atoms with E-state index in [1.54, 1.807) is 12.1 Å². The van der Waals surface area contributed by atoms with Crippen LogP contribution in [0.5, 0.6) is 0 Å². The Kier molecular flexibility index (Phi) is 3.25. The van der Waals surface area contributed by atoms with Gasteiger partial charge in [-0.25, -0.2) is 4.79 Å². The number of hydrogen-bond acceptors (Lipinski definition) is 6. The van der Waals surface area contributed by atoms with E-state index in [2.05, 4.69) is 4.74 Å². The van der Waals surface area contributed by atoms with Crippen molar-refractivity contribution in [1.29, 1.82) is 0 Å². The smallest absolute Gasteiger partial charge is 0.344 e. The van der Waals surface area contributed by atoms with Gasteiger partial charge in [0.1, 0.15) is 11.1 Å². The number of hydrogen-bond donors (Lipinski definition) is 0. The first kappa shape index (κ1) is 14.6. The molecule has 0 heterocycles. The van der Waals surface area contributed by atoms with Crippen molar-refractivity contribution < 1.29 is 24.0 Å². The second-order valence-electron chi connectivity index (χ2n) is 4.84. The summed E-state index contributed by atoms with van der Waals surface area (Å²) in [5.41, 5.74) is -1.27. The normalized spacial score (nSPS) is 12.4. The van der Waals surface area contributed by atoms with Gasteiger partial charge in [0.2, 0.25) is 5.78 Å². The van der Waals surface area contributed by atoms with Crippen LogP contribution in [0.3, 0.4) is 0 Å². The lowest BCUT2D eigenvalue weighted by atomic mass is 9.82. The number of ether oxygens (including phenoxy) is 1. The summed E-state index contributed by atoms with van der Waals surface area (Å²) in [7, 11) is 1.08. The Balaban J connectivity index is 2.37. The molecule has 0 saturated carbocycles. The quantitative estimate of drug-likeness (QED) is 0.408. The van der Waals surface area contributed by atoms with Gasteiger partial charge in [-0.15, -0.1) is 0 Å². The number of nitro benzene ring substituents is 1. The minimum Gasteiger partial charge on any atom is -0.465 e. The maximum Gasteiger partial charge on any atom is 0.344 e. The number of nitro groups is 1. The van der Waals surface area contributed by atoms with E-state index in [9.17, 15) is 24.5 Å². The van der Waals surface area contributed by atoms with Gasteiger partial charge in [-0.2, -0.15) is 0 Å². The third-order valence-electron chi connectivity index (χ3n) is 3.65. The fraction of sp³-hybridized carbons (Fsp3) is 0.0625. The van der Waals surface area contributed by atoms with Crippen LogP contribution in [0.4, 0.5) is 5.69 Å². The molecule has 0 radical (unpaired) electrons. The lowest BCUT2D eigenvalue weighted by Gasteiger charge is -2.17. The summed E-state index contributed by atoms with van der Waals surface area (Å²) in [6, 6.07) is 8.44. The third kappa shape index (κ3) is 2.02. The van der Waals surface area contributed by atoms with Gasteiger partial charge < -0.3 is 4.74 Å². The van der Waals surface area contributed by atoms with Crippen molar-refractivity contribution >= 4 is 23.2 Å². The Morgan fingerprint density at radius 2 is 1.61 bits per heavy atom. The molecule has 23 heavy (non-hydrogen) atoms. The maximum absolute atomic E-state index is 12.6. The van der Waals surface area contributed by atoms with E-state index in [1.165, 1.54) is 18.2 Å². The van der Waals surface area contributed by atoms with Gasteiger partial charge in [0.25, 0.3) is 5.69 Å². The molecule has 7 heteroatoms. The lowest BCUT2D eigenvalue weighted by molar-refractivity contribution is -0.385. The number of methoxy groups -OCH3 is 1. The van der Waals surface area contributed by atoms with Crippen LogP contribution in [0.15, 0.2) is 36.4 Å². The van der Waals surface area contributed by atoms with E-state index in [4.69, 9.17) is 0 Å². The largest absolute Gasteiger partial charge is 0.465 e. The Labute approximate surface area is 129 Å². The highest BCUT2D eigenvalue weighted by atomic mass is 16.6. The standard InChI is InChI=1S/C16H9NO6/c1-23-16(20)11-7-6-10-12(13(11)17(21)22)15(19)9-5-3-2-4-8(9)14(10)18/h2-7H,1H3. The Morgan fingerprint density at radius 3 is 2.17 bits per heavy atom. The Bertz CT molecular complexity index is 899. The molecule has 3 rings (SSSR count). The van der Waals surface area contributed by atoms with E-state index < -0.39 is 28.1 Å². The summed E-state index contributed by atoms with van der Waals surface area (Å²) in [6.45, 7) is 0. The average molecular weight is 311 g/mol. The Morgan fingerprint density at radius 1 is 1.00 bits per heavy atom. The van der Waals surface area contributed by atoms with Crippen LogP contribution in [-0.2, 0) is 4.74 Å². The van der Waals surface area contributed by atoms with Crippen molar-refractivity contribution in [2.75, 3.05) is 7.11 Å². The summed E-state index contributed by atoms with van der Waals surface area (Å²) in [4.78, 5) is 47.4. The summed E-state index contributed by atoms with van der Waals surface area (Å²) < 4.78 is 4.51. The number of carbonyl (C=O) groups is 3. The molecular weight excluding hydrogens is 302 g/mol. The molecule has 0 atom stereocenters. The van der Waals surface area contributed by atoms with Crippen LogP contribution in [-0.4, -0.2) is 29.6 Å². The van der Waals surface area contributed by atoms with Crippen LogP contribution in [0.2, 0.25) is 0 Å². The number of fused-ring (bicyclic) bond motifs is 2. The number of ketones is 2. The number of nitrogens with zero attached hydrogens (tertiary/aromatic N) is 1. The molecule has 0 unspecified atom stereocenters. The van der Waals surface area contributed by atoms with E-state index in [0.29, 0.717) is 0 Å². The van der Waals surface area contributed by atoms with E-state index in [0.717, 1.165) is 13.2 Å². The molecule has 2 aromatic rings. The molecule has 1 aliphatic carbocycles. The van der Waals surface area contributed by atoms with Crippen LogP contribution >= 0.6 is 0 Å². The molecule has 0 fully saturated rings. The minimum absolute atomic E-state index is 0.0788. The first-order valence-corrected chi connectivity index (χ1v) is 6.55. The van der Waals surface area contributed by atoms with Gasteiger partial charge in [0.15, 0.2) is 5.78 Å². The van der Waals surface area contributed by atoms with Crippen molar-refractivity contribution in [2.24, 2.45) is 0 Å². The predicted octanol–water partition coefficient (Wildman–Crippen LogP) is 2.16. The minimum atomic E-state index is -0.946. The molecule has 1 aliphatic rings. The van der Waals surface area contributed by atoms with Crippen molar-refractivity contribution in [3.05, 3.63) is 74.3 Å². The zero-order chi connectivity index (χ0) is 16.7. The molecule has 0 bridgehead atoms. The van der Waals surface area contributed by atoms with Gasteiger partial charge in [-0.1, -0.05) is 24.3 Å². The van der Waals surface area contributed by atoms with Crippen LogP contribution in [0, 0.1) is 10.1 Å². The summed E-state index contributed by atoms with van der Waals surface area (Å²) in [5, 5.41) is 11.4. The number of rotatable bonds is 2. The second-order valence-corrected chi connectivity index (χ2v) is 4.84. The number of esters is 1. The molecule has 0 spiro atoms. The highest BCUT2D eigenvalue weighted by Gasteiger charge is 2.38.